The summed E-state index contributed by atoms with van der Waals surface area (Å²) in [5, 5.41) is 0. The molecular weight excluding hydrogens is 388 g/mol. The monoisotopic (exact) mass is 404 g/mol. The molecule has 130 valence electrons. The van der Waals surface area contributed by atoms with E-state index < -0.39 is 12.1 Å². The second-order valence-corrected chi connectivity index (χ2v) is 6.29. The van der Waals surface area contributed by atoms with Crippen LogP contribution in [0.4, 0.5) is 0 Å². The van der Waals surface area contributed by atoms with Crippen molar-refractivity contribution in [3.05, 3.63) is 64.1 Å². The number of carbonyl (C=O) groups is 3. The number of hydrogen-bond donors (Lipinski definition) is 0. The predicted molar refractivity (Wildman–Crippen MR) is 96.0 cm³/mol. The van der Waals surface area contributed by atoms with Gasteiger partial charge in [0.15, 0.2) is 18.5 Å². The Kier molecular flexibility index (Phi) is 6.47. The number of esters is 1. The predicted octanol–water partition coefficient (Wildman–Crippen LogP) is 3.85. The molecule has 0 aromatic heterocycles. The molecule has 25 heavy (non-hydrogen) atoms. The van der Waals surface area contributed by atoms with Gasteiger partial charge in [-0.1, -0.05) is 40.2 Å². The quantitative estimate of drug-likeness (QED) is 0.517. The number of benzene rings is 2. The van der Waals surface area contributed by atoms with Crippen LogP contribution in [0.1, 0.15) is 34.6 Å². The van der Waals surface area contributed by atoms with Crippen LogP contribution in [-0.2, 0) is 9.53 Å². The Balaban J connectivity index is 1.89. The summed E-state index contributed by atoms with van der Waals surface area (Å²) in [4.78, 5) is 35.4. The fraction of sp³-hybridized carbons (Fsp3) is 0.211. The number of hydrogen-bond acceptors (Lipinski definition) is 5. The first-order valence-electron chi connectivity index (χ1n) is 7.60. The average Bonchev–Trinajstić information content (AvgIpc) is 2.60. The van der Waals surface area contributed by atoms with Gasteiger partial charge in [-0.3, -0.25) is 9.59 Å². The van der Waals surface area contributed by atoms with Crippen molar-refractivity contribution in [2.24, 2.45) is 0 Å². The van der Waals surface area contributed by atoms with Gasteiger partial charge in [0.25, 0.3) is 0 Å². The van der Waals surface area contributed by atoms with Gasteiger partial charge in [0.2, 0.25) is 5.78 Å². The van der Waals surface area contributed by atoms with Gasteiger partial charge in [-0.2, -0.15) is 0 Å². The summed E-state index contributed by atoms with van der Waals surface area (Å²) < 4.78 is 11.3. The molecule has 0 aliphatic carbocycles. The van der Waals surface area contributed by atoms with E-state index in [2.05, 4.69) is 15.9 Å². The van der Waals surface area contributed by atoms with Crippen LogP contribution in [0.3, 0.4) is 0 Å². The molecule has 0 spiro atoms. The highest BCUT2D eigenvalue weighted by atomic mass is 79.9. The highest BCUT2D eigenvalue weighted by Crippen LogP contribution is 2.15. The maximum Gasteiger partial charge on any atom is 0.344 e. The number of ketones is 2. The van der Waals surface area contributed by atoms with Gasteiger partial charge in [0.05, 0.1) is 0 Å². The largest absolute Gasteiger partial charge is 0.482 e. The second kappa shape index (κ2) is 8.58. The molecular formula is C19H17BrO5. The minimum atomic E-state index is -0.916. The van der Waals surface area contributed by atoms with Gasteiger partial charge in [-0.05, 0) is 38.1 Å². The van der Waals surface area contributed by atoms with Gasteiger partial charge in [0.1, 0.15) is 5.75 Å². The third-order valence-corrected chi connectivity index (χ3v) is 3.93. The van der Waals surface area contributed by atoms with Gasteiger partial charge >= 0.3 is 5.97 Å². The molecule has 0 amide bonds. The van der Waals surface area contributed by atoms with Crippen LogP contribution in [0.2, 0.25) is 0 Å². The number of rotatable bonds is 7. The molecule has 0 heterocycles. The summed E-state index contributed by atoms with van der Waals surface area (Å²) in [6.45, 7) is 2.61. The van der Waals surface area contributed by atoms with Crippen molar-refractivity contribution >= 4 is 33.5 Å². The van der Waals surface area contributed by atoms with Crippen LogP contribution in [0.25, 0.3) is 0 Å². The molecule has 0 N–H and O–H groups in total. The zero-order valence-electron chi connectivity index (χ0n) is 13.8. The van der Waals surface area contributed by atoms with E-state index in [4.69, 9.17) is 9.47 Å². The van der Waals surface area contributed by atoms with Crippen molar-refractivity contribution < 1.29 is 23.9 Å². The molecule has 0 saturated carbocycles. The lowest BCUT2D eigenvalue weighted by molar-refractivity contribution is -0.148. The third-order valence-electron chi connectivity index (χ3n) is 3.40. The van der Waals surface area contributed by atoms with E-state index >= 15 is 0 Å². The molecule has 0 aliphatic rings. The molecule has 0 saturated heterocycles. The lowest BCUT2D eigenvalue weighted by Crippen LogP contribution is -2.27. The molecule has 2 aromatic carbocycles. The van der Waals surface area contributed by atoms with Crippen molar-refractivity contribution in [3.63, 3.8) is 0 Å². The molecule has 0 unspecified atom stereocenters. The minimum absolute atomic E-state index is 0.0956. The number of ether oxygens (including phenoxy) is 2. The minimum Gasteiger partial charge on any atom is -0.482 e. The standard InChI is InChI=1S/C19H17BrO5/c1-12(21)15-4-3-5-17(10-15)24-11-18(22)25-13(2)19(23)14-6-8-16(20)9-7-14/h3-10,13H,11H2,1-2H3/t13-/m0/s1. The summed E-state index contributed by atoms with van der Waals surface area (Å²) in [5.74, 6) is -0.663. The Bertz CT molecular complexity index is 783. The zero-order chi connectivity index (χ0) is 18.4. The lowest BCUT2D eigenvalue weighted by atomic mass is 10.1. The average molecular weight is 405 g/mol. The lowest BCUT2D eigenvalue weighted by Gasteiger charge is -2.13. The highest BCUT2D eigenvalue weighted by molar-refractivity contribution is 9.10. The van der Waals surface area contributed by atoms with E-state index in [1.807, 2.05) is 0 Å². The van der Waals surface area contributed by atoms with Crippen LogP contribution in [0.5, 0.6) is 5.75 Å². The first-order chi connectivity index (χ1) is 11.9. The highest BCUT2D eigenvalue weighted by Gasteiger charge is 2.19. The molecule has 0 aliphatic heterocycles. The molecule has 0 radical (unpaired) electrons. The smallest absolute Gasteiger partial charge is 0.344 e. The van der Waals surface area contributed by atoms with Crippen molar-refractivity contribution in [1.29, 1.82) is 0 Å². The molecule has 2 rings (SSSR count). The second-order valence-electron chi connectivity index (χ2n) is 5.38. The summed E-state index contributed by atoms with van der Waals surface area (Å²) in [5.41, 5.74) is 0.947. The third kappa shape index (κ3) is 5.53. The Morgan fingerprint density at radius 1 is 1.04 bits per heavy atom. The Hall–Kier alpha value is -2.47. The van der Waals surface area contributed by atoms with E-state index in [1.165, 1.54) is 13.8 Å². The van der Waals surface area contributed by atoms with E-state index in [0.29, 0.717) is 16.9 Å². The van der Waals surface area contributed by atoms with Crippen LogP contribution in [0, 0.1) is 0 Å². The Labute approximate surface area is 154 Å². The fourth-order valence-electron chi connectivity index (χ4n) is 2.08. The van der Waals surface area contributed by atoms with Gasteiger partial charge < -0.3 is 9.47 Å². The topological polar surface area (TPSA) is 69.7 Å². The van der Waals surface area contributed by atoms with Crippen molar-refractivity contribution in [1.82, 2.24) is 0 Å². The van der Waals surface area contributed by atoms with E-state index in [-0.39, 0.29) is 18.2 Å². The molecule has 0 bridgehead atoms. The van der Waals surface area contributed by atoms with Crippen molar-refractivity contribution in [2.45, 2.75) is 20.0 Å². The van der Waals surface area contributed by atoms with Gasteiger partial charge in [-0.15, -0.1) is 0 Å². The Morgan fingerprint density at radius 3 is 2.36 bits per heavy atom. The Morgan fingerprint density at radius 2 is 1.72 bits per heavy atom. The van der Waals surface area contributed by atoms with Gasteiger partial charge in [0, 0.05) is 15.6 Å². The zero-order valence-corrected chi connectivity index (χ0v) is 15.4. The SMILES string of the molecule is CC(=O)c1cccc(OCC(=O)O[C@@H](C)C(=O)c2ccc(Br)cc2)c1. The molecule has 1 atom stereocenters. The van der Waals surface area contributed by atoms with Crippen LogP contribution in [0.15, 0.2) is 53.0 Å². The summed E-state index contributed by atoms with van der Waals surface area (Å²) in [6.07, 6.45) is -0.916. The summed E-state index contributed by atoms with van der Waals surface area (Å²) >= 11 is 3.29. The molecule has 2 aromatic rings. The summed E-state index contributed by atoms with van der Waals surface area (Å²) in [7, 11) is 0. The first kappa shape index (κ1) is 18.9. The van der Waals surface area contributed by atoms with Crippen LogP contribution >= 0.6 is 15.9 Å². The van der Waals surface area contributed by atoms with E-state index in [0.717, 1.165) is 4.47 Å². The van der Waals surface area contributed by atoms with Gasteiger partial charge in [-0.25, -0.2) is 4.79 Å². The van der Waals surface area contributed by atoms with Crippen molar-refractivity contribution in [2.75, 3.05) is 6.61 Å². The molecule has 5 nitrogen and oxygen atoms in total. The number of Topliss-reactive ketones (excluding diaryl/α,β-unsaturated/α-hetero) is 2. The summed E-state index contributed by atoms with van der Waals surface area (Å²) in [6, 6.07) is 13.3. The number of carbonyl (C=O) groups excluding carboxylic acids is 3. The maximum atomic E-state index is 12.2. The van der Waals surface area contributed by atoms with Crippen molar-refractivity contribution in [3.8, 4) is 5.75 Å². The molecule has 0 fully saturated rings. The normalized spacial score (nSPS) is 11.5. The number of halogens is 1. The van der Waals surface area contributed by atoms with Crippen LogP contribution < -0.4 is 4.74 Å². The molecule has 6 heteroatoms. The van der Waals surface area contributed by atoms with Crippen LogP contribution in [-0.4, -0.2) is 30.2 Å². The fourth-order valence-corrected chi connectivity index (χ4v) is 2.35. The van der Waals surface area contributed by atoms with E-state index in [9.17, 15) is 14.4 Å². The van der Waals surface area contributed by atoms with E-state index in [1.54, 1.807) is 48.5 Å². The maximum absolute atomic E-state index is 12.2. The first-order valence-corrected chi connectivity index (χ1v) is 8.39.